The molecule has 0 amide bonds. The van der Waals surface area contributed by atoms with Crippen molar-refractivity contribution in [3.63, 3.8) is 0 Å². The number of methoxy groups -OCH3 is 1. The van der Waals surface area contributed by atoms with Gasteiger partial charge in [0.2, 0.25) is 5.16 Å². The number of nitrogens with two attached hydrogens (primary N) is 1. The molecule has 96 valence electrons. The van der Waals surface area contributed by atoms with E-state index in [4.69, 9.17) is 10.6 Å². The van der Waals surface area contributed by atoms with Crippen molar-refractivity contribution in [2.75, 3.05) is 18.7 Å². The first-order valence-electron chi connectivity index (χ1n) is 5.74. The third kappa shape index (κ3) is 2.43. The highest BCUT2D eigenvalue weighted by Gasteiger charge is 2.15. The van der Waals surface area contributed by atoms with Gasteiger partial charge in [-0.3, -0.25) is 0 Å². The maximum absolute atomic E-state index is 6.01. The number of nitrogen functional groups attached to an aromatic ring is 1. The monoisotopic (exact) mass is 264 g/mol. The van der Waals surface area contributed by atoms with E-state index in [1.165, 1.54) is 4.68 Å². The number of nitrogens with zero attached hydrogens (tertiary/aromatic N) is 3. The van der Waals surface area contributed by atoms with Crippen molar-refractivity contribution in [1.29, 1.82) is 0 Å². The number of rotatable bonds is 5. The Morgan fingerprint density at radius 3 is 2.83 bits per heavy atom. The smallest absolute Gasteiger partial charge is 0.210 e. The van der Waals surface area contributed by atoms with Crippen molar-refractivity contribution in [1.82, 2.24) is 14.9 Å². The highest BCUT2D eigenvalue weighted by molar-refractivity contribution is 7.99. The highest BCUT2D eigenvalue weighted by Crippen LogP contribution is 2.29. The van der Waals surface area contributed by atoms with E-state index >= 15 is 0 Å². The molecule has 1 aromatic heterocycles. The van der Waals surface area contributed by atoms with Crippen LogP contribution < -0.4 is 10.6 Å². The lowest BCUT2D eigenvalue weighted by molar-refractivity contribution is 0.416. The molecule has 0 saturated carbocycles. The summed E-state index contributed by atoms with van der Waals surface area (Å²) in [6, 6.07) is 7.63. The molecule has 1 aromatic carbocycles. The van der Waals surface area contributed by atoms with E-state index in [1.807, 2.05) is 24.3 Å². The fourth-order valence-electron chi connectivity index (χ4n) is 1.58. The van der Waals surface area contributed by atoms with Crippen LogP contribution in [-0.4, -0.2) is 27.7 Å². The van der Waals surface area contributed by atoms with Gasteiger partial charge < -0.3 is 10.6 Å². The summed E-state index contributed by atoms with van der Waals surface area (Å²) >= 11 is 1.60. The maximum Gasteiger partial charge on any atom is 0.210 e. The first-order chi connectivity index (χ1) is 8.77. The van der Waals surface area contributed by atoms with E-state index in [0.717, 1.165) is 28.6 Å². The van der Waals surface area contributed by atoms with Gasteiger partial charge in [-0.25, -0.2) is 4.68 Å². The van der Waals surface area contributed by atoms with Gasteiger partial charge >= 0.3 is 0 Å². The van der Waals surface area contributed by atoms with E-state index < -0.39 is 0 Å². The van der Waals surface area contributed by atoms with Gasteiger partial charge in [-0.2, -0.15) is 0 Å². The molecule has 0 aliphatic heterocycles. The van der Waals surface area contributed by atoms with E-state index in [0.29, 0.717) is 5.82 Å². The molecular weight excluding hydrogens is 248 g/mol. The van der Waals surface area contributed by atoms with Crippen molar-refractivity contribution >= 4 is 11.8 Å². The van der Waals surface area contributed by atoms with Crippen LogP contribution in [0.25, 0.3) is 11.4 Å². The average Bonchev–Trinajstić information content (AvgIpc) is 2.77. The Kier molecular flexibility index (Phi) is 4.09. The Labute approximate surface area is 110 Å². The van der Waals surface area contributed by atoms with E-state index in [9.17, 15) is 0 Å². The van der Waals surface area contributed by atoms with Crippen LogP contribution in [0.5, 0.6) is 5.75 Å². The van der Waals surface area contributed by atoms with Crippen LogP contribution in [0.2, 0.25) is 0 Å². The van der Waals surface area contributed by atoms with Gasteiger partial charge in [0.05, 0.1) is 12.7 Å². The lowest BCUT2D eigenvalue weighted by Gasteiger charge is -2.07. The molecule has 0 atom stereocenters. The van der Waals surface area contributed by atoms with E-state index in [1.54, 1.807) is 18.9 Å². The number of aromatic nitrogens is 3. The van der Waals surface area contributed by atoms with Gasteiger partial charge in [-0.1, -0.05) is 30.8 Å². The van der Waals surface area contributed by atoms with Crippen molar-refractivity contribution in [2.24, 2.45) is 0 Å². The molecule has 18 heavy (non-hydrogen) atoms. The minimum Gasteiger partial charge on any atom is -0.496 e. The van der Waals surface area contributed by atoms with Gasteiger partial charge in [-0.05, 0) is 18.6 Å². The zero-order valence-corrected chi connectivity index (χ0v) is 11.3. The normalized spacial score (nSPS) is 10.6. The molecule has 2 N–H and O–H groups in total. The highest BCUT2D eigenvalue weighted by atomic mass is 32.2. The van der Waals surface area contributed by atoms with Crippen LogP contribution in [0.3, 0.4) is 0 Å². The summed E-state index contributed by atoms with van der Waals surface area (Å²) in [4.78, 5) is 0. The largest absolute Gasteiger partial charge is 0.496 e. The Hall–Kier alpha value is -1.69. The molecule has 5 nitrogen and oxygen atoms in total. The summed E-state index contributed by atoms with van der Waals surface area (Å²) in [5.41, 5.74) is 0.846. The van der Waals surface area contributed by atoms with Crippen LogP contribution >= 0.6 is 11.8 Å². The summed E-state index contributed by atoms with van der Waals surface area (Å²) in [5.74, 6) is 8.34. The minimum absolute atomic E-state index is 0.617. The molecule has 0 fully saturated rings. The lowest BCUT2D eigenvalue weighted by atomic mass is 10.2. The van der Waals surface area contributed by atoms with Gasteiger partial charge in [0.25, 0.3) is 0 Å². The average molecular weight is 264 g/mol. The number of para-hydroxylation sites is 1. The molecule has 1 heterocycles. The van der Waals surface area contributed by atoms with E-state index in [2.05, 4.69) is 17.1 Å². The third-order valence-corrected chi connectivity index (χ3v) is 3.60. The van der Waals surface area contributed by atoms with Crippen molar-refractivity contribution in [3.8, 4) is 17.1 Å². The second-order valence-electron chi connectivity index (χ2n) is 3.72. The first-order valence-corrected chi connectivity index (χ1v) is 6.73. The molecule has 0 aliphatic rings. The van der Waals surface area contributed by atoms with Crippen molar-refractivity contribution < 1.29 is 4.74 Å². The van der Waals surface area contributed by atoms with Gasteiger partial charge in [0, 0.05) is 5.75 Å². The molecule has 0 aliphatic carbocycles. The summed E-state index contributed by atoms with van der Waals surface area (Å²) < 4.78 is 6.81. The molecule has 2 rings (SSSR count). The van der Waals surface area contributed by atoms with Crippen LogP contribution in [0, 0.1) is 0 Å². The van der Waals surface area contributed by atoms with Gasteiger partial charge in [-0.15, -0.1) is 10.2 Å². The molecular formula is C12H16N4OS. The van der Waals surface area contributed by atoms with Crippen LogP contribution in [-0.2, 0) is 0 Å². The lowest BCUT2D eigenvalue weighted by Crippen LogP contribution is -2.12. The second-order valence-corrected chi connectivity index (χ2v) is 4.79. The van der Waals surface area contributed by atoms with Crippen LogP contribution in [0.1, 0.15) is 13.3 Å². The predicted molar refractivity (Wildman–Crippen MR) is 73.2 cm³/mol. The molecule has 0 saturated heterocycles. The summed E-state index contributed by atoms with van der Waals surface area (Å²) in [6.45, 7) is 2.12. The second kappa shape index (κ2) is 5.77. The fourth-order valence-corrected chi connectivity index (χ4v) is 2.29. The number of hydrogen-bond acceptors (Lipinski definition) is 5. The number of benzene rings is 1. The molecule has 0 radical (unpaired) electrons. The van der Waals surface area contributed by atoms with Crippen molar-refractivity contribution in [3.05, 3.63) is 24.3 Å². The van der Waals surface area contributed by atoms with Gasteiger partial charge in [0.1, 0.15) is 5.75 Å². The molecule has 6 heteroatoms. The van der Waals surface area contributed by atoms with Gasteiger partial charge in [0.15, 0.2) is 5.82 Å². The predicted octanol–water partition coefficient (Wildman–Crippen LogP) is 2.17. The number of hydrogen-bond donors (Lipinski definition) is 1. The summed E-state index contributed by atoms with van der Waals surface area (Å²) in [6.07, 6.45) is 1.07. The topological polar surface area (TPSA) is 66.0 Å². The maximum atomic E-state index is 6.01. The zero-order valence-electron chi connectivity index (χ0n) is 10.5. The third-order valence-electron chi connectivity index (χ3n) is 2.45. The van der Waals surface area contributed by atoms with Crippen LogP contribution in [0.15, 0.2) is 29.4 Å². The Morgan fingerprint density at radius 1 is 1.33 bits per heavy atom. The molecule has 0 unspecified atom stereocenters. The Bertz CT molecular complexity index is 527. The minimum atomic E-state index is 0.617. The SMILES string of the molecule is CCCSc1nnc(-c2ccccc2OC)n1N. The van der Waals surface area contributed by atoms with Crippen LogP contribution in [0.4, 0.5) is 0 Å². The summed E-state index contributed by atoms with van der Waals surface area (Å²) in [7, 11) is 1.63. The van der Waals surface area contributed by atoms with Crippen molar-refractivity contribution in [2.45, 2.75) is 18.5 Å². The fraction of sp³-hybridized carbons (Fsp3) is 0.333. The summed E-state index contributed by atoms with van der Waals surface area (Å²) in [5, 5.41) is 8.96. The quantitative estimate of drug-likeness (QED) is 0.662. The first kappa shape index (κ1) is 12.8. The Morgan fingerprint density at radius 2 is 2.11 bits per heavy atom. The molecule has 2 aromatic rings. The number of thioether (sulfide) groups is 1. The standard InChI is InChI=1S/C12H16N4OS/c1-3-8-18-12-15-14-11(16(12)13)9-6-4-5-7-10(9)17-2/h4-7H,3,8,13H2,1-2H3. The molecule has 0 spiro atoms. The zero-order chi connectivity index (χ0) is 13.0. The molecule has 0 bridgehead atoms. The Balaban J connectivity index is 2.36. The number of ether oxygens (including phenoxy) is 1. The van der Waals surface area contributed by atoms with E-state index in [-0.39, 0.29) is 0 Å².